The maximum atomic E-state index is 14.0. The highest BCUT2D eigenvalue weighted by Gasteiger charge is 2.42. The largest absolute Gasteiger partial charge is 0.379 e. The molecule has 0 aromatic rings. The third kappa shape index (κ3) is 12.5. The third-order valence-electron chi connectivity index (χ3n) is 9.72. The number of carbonyl (C=O) groups excluding carboxylic acids is 5. The van der Waals surface area contributed by atoms with E-state index in [-0.39, 0.29) is 66.9 Å². The molecule has 12 nitrogen and oxygen atoms in total. The Balaban J connectivity index is 3.11. The molecule has 1 aliphatic heterocycles. The lowest BCUT2D eigenvalue weighted by Gasteiger charge is -2.39. The Bertz CT molecular complexity index is 1150. The molecule has 49 heavy (non-hydrogen) atoms. The number of likely N-dealkylation sites (tertiary alicyclic amines) is 1. The molecular weight excluding hydrogens is 626 g/mol. The van der Waals surface area contributed by atoms with Crippen LogP contribution in [0.4, 0.5) is 0 Å². The van der Waals surface area contributed by atoms with E-state index in [9.17, 15) is 24.0 Å². The van der Waals surface area contributed by atoms with Crippen molar-refractivity contribution in [3.8, 4) is 0 Å². The fourth-order valence-electron chi connectivity index (χ4n) is 6.92. The van der Waals surface area contributed by atoms with E-state index in [1.807, 2.05) is 46.7 Å². The lowest BCUT2D eigenvalue weighted by Crippen LogP contribution is -2.55. The van der Waals surface area contributed by atoms with E-state index < -0.39 is 30.2 Å². The van der Waals surface area contributed by atoms with Gasteiger partial charge in [0.05, 0.1) is 55.3 Å². The number of amides is 4. The summed E-state index contributed by atoms with van der Waals surface area (Å²) in [5.74, 6) is -1.61. The number of aldehydes is 1. The molecule has 2 N–H and O–H groups in total. The second-order valence-corrected chi connectivity index (χ2v) is 13.7. The Morgan fingerprint density at radius 2 is 1.65 bits per heavy atom. The van der Waals surface area contributed by atoms with Gasteiger partial charge >= 0.3 is 0 Å². The Morgan fingerprint density at radius 3 is 2.14 bits per heavy atom. The summed E-state index contributed by atoms with van der Waals surface area (Å²) in [6.45, 7) is 17.4. The summed E-state index contributed by atoms with van der Waals surface area (Å²) in [7, 11) is 8.41. The van der Waals surface area contributed by atoms with Crippen LogP contribution in [-0.4, -0.2) is 129 Å². The highest BCUT2D eigenvalue weighted by molar-refractivity contribution is 5.88. The minimum Gasteiger partial charge on any atom is -0.379 e. The average molecular weight is 690 g/mol. The minimum atomic E-state index is -0.754. The van der Waals surface area contributed by atoms with E-state index in [4.69, 9.17) is 9.47 Å². The van der Waals surface area contributed by atoms with Crippen LogP contribution in [0.25, 0.3) is 0 Å². The van der Waals surface area contributed by atoms with E-state index >= 15 is 0 Å². The number of rotatable bonds is 22. The smallest absolute Gasteiger partial charge is 0.242 e. The summed E-state index contributed by atoms with van der Waals surface area (Å²) in [6, 6.07) is -1.92. The topological polar surface area (TPSA) is 138 Å². The molecule has 0 aromatic carbocycles. The molecule has 0 saturated carbocycles. The molecule has 1 rings (SSSR count). The summed E-state index contributed by atoms with van der Waals surface area (Å²) in [6.07, 6.45) is 6.84. The summed E-state index contributed by atoms with van der Waals surface area (Å²) >= 11 is 0. The second kappa shape index (κ2) is 21.7. The molecule has 4 amide bonds. The van der Waals surface area contributed by atoms with Gasteiger partial charge in [-0.15, -0.1) is 0 Å². The Labute approximate surface area is 294 Å². The lowest BCUT2D eigenvalue weighted by atomic mass is 9.90. The quantitative estimate of drug-likeness (QED) is 0.131. The molecule has 12 heteroatoms. The molecular formula is C37H63N5O7. The molecule has 8 atom stereocenters. The van der Waals surface area contributed by atoms with Crippen LogP contribution in [0, 0.1) is 17.8 Å². The first-order chi connectivity index (χ1) is 23.1. The normalized spacial score (nSPS) is 19.3. The second-order valence-electron chi connectivity index (χ2n) is 13.7. The molecule has 1 fully saturated rings. The van der Waals surface area contributed by atoms with Crippen molar-refractivity contribution in [3.63, 3.8) is 0 Å². The number of allylic oxidation sites excluding steroid dienone is 3. The first kappa shape index (κ1) is 43.7. The Morgan fingerprint density at radius 1 is 1.00 bits per heavy atom. The van der Waals surface area contributed by atoms with Crippen LogP contribution in [0.3, 0.4) is 0 Å². The summed E-state index contributed by atoms with van der Waals surface area (Å²) in [4.78, 5) is 70.6. The minimum absolute atomic E-state index is 0.00824. The zero-order valence-corrected chi connectivity index (χ0v) is 31.6. The number of nitrogens with one attached hydrogen (secondary N) is 2. The van der Waals surface area contributed by atoms with Gasteiger partial charge in [-0.2, -0.15) is 0 Å². The highest BCUT2D eigenvalue weighted by Crippen LogP contribution is 2.29. The Hall–Kier alpha value is -3.35. The summed E-state index contributed by atoms with van der Waals surface area (Å²) < 4.78 is 11.7. The molecule has 0 radical (unpaired) electrons. The van der Waals surface area contributed by atoms with Crippen molar-refractivity contribution < 1.29 is 33.4 Å². The van der Waals surface area contributed by atoms with Crippen molar-refractivity contribution in [2.45, 2.75) is 103 Å². The van der Waals surface area contributed by atoms with Gasteiger partial charge in [-0.25, -0.2) is 0 Å². The van der Waals surface area contributed by atoms with E-state index in [1.165, 1.54) is 14.2 Å². The molecule has 1 aliphatic rings. The number of carbonyl (C=O) groups is 5. The molecule has 0 spiro atoms. The van der Waals surface area contributed by atoms with Crippen molar-refractivity contribution >= 4 is 29.9 Å². The standard InChI is InChI=1S/C37H63N5O7/c1-13-17-27(15-3)20-28(23-43)39-36(46)26(7)35(49-12)29-18-16-19-42(29)31(44)21-30(48-11)34(25(6)14-2)41(10)32(45)22-38-37(47)33(24(4)5)40(8)9/h13,15,17,23-26,28-30,33-35H,1,3,14,16,18-22H2,2,4-12H3,(H,38,47)(H,39,46)/b27-17+/t25-,26+,28-,29-,30+,33?,34-,35+/m0/s1. The molecule has 1 saturated heterocycles. The predicted octanol–water partition coefficient (Wildman–Crippen LogP) is 2.98. The first-order valence-electron chi connectivity index (χ1n) is 17.4. The average Bonchev–Trinajstić information content (AvgIpc) is 3.55. The van der Waals surface area contributed by atoms with Crippen molar-refractivity contribution in [2.24, 2.45) is 17.8 Å². The molecule has 0 aliphatic carbocycles. The number of methoxy groups -OCH3 is 2. The highest BCUT2D eigenvalue weighted by atomic mass is 16.5. The number of nitrogens with zero attached hydrogens (tertiary/aromatic N) is 3. The van der Waals surface area contributed by atoms with Crippen LogP contribution in [-0.2, 0) is 33.4 Å². The van der Waals surface area contributed by atoms with Crippen molar-refractivity contribution in [3.05, 3.63) is 37.0 Å². The monoisotopic (exact) mass is 689 g/mol. The molecule has 278 valence electrons. The van der Waals surface area contributed by atoms with Gasteiger partial charge in [0, 0.05) is 27.8 Å². The van der Waals surface area contributed by atoms with Gasteiger partial charge in [0.2, 0.25) is 23.6 Å². The molecule has 1 heterocycles. The van der Waals surface area contributed by atoms with Gasteiger partial charge < -0.3 is 34.7 Å². The van der Waals surface area contributed by atoms with E-state index in [2.05, 4.69) is 23.8 Å². The first-order valence-corrected chi connectivity index (χ1v) is 17.4. The van der Waals surface area contributed by atoms with E-state index in [0.717, 1.165) is 18.4 Å². The van der Waals surface area contributed by atoms with Crippen LogP contribution in [0.5, 0.6) is 0 Å². The number of likely N-dealkylation sites (N-methyl/N-ethyl adjacent to an activating group) is 2. The van der Waals surface area contributed by atoms with Gasteiger partial charge in [0.1, 0.15) is 6.29 Å². The van der Waals surface area contributed by atoms with Crippen molar-refractivity contribution in [2.75, 3.05) is 48.5 Å². The fourth-order valence-corrected chi connectivity index (χ4v) is 6.92. The summed E-state index contributed by atoms with van der Waals surface area (Å²) in [5, 5.41) is 5.60. The maximum absolute atomic E-state index is 14.0. The SMILES string of the molecule is C=C/C=C(\C=C)C[C@@H](C=O)NC(=O)[C@H](C)[C@@H](OC)[C@@H]1CCCN1C(=O)C[C@@H](OC)[C@H]([C@@H](C)CC)N(C)C(=O)CNC(=O)C(C(C)C)N(C)C. The van der Waals surface area contributed by atoms with Gasteiger partial charge in [0.25, 0.3) is 0 Å². The number of hydrogen-bond donors (Lipinski definition) is 2. The zero-order chi connectivity index (χ0) is 37.4. The zero-order valence-electron chi connectivity index (χ0n) is 31.6. The van der Waals surface area contributed by atoms with Crippen LogP contribution in [0.15, 0.2) is 37.0 Å². The van der Waals surface area contributed by atoms with Gasteiger partial charge in [0.15, 0.2) is 0 Å². The van der Waals surface area contributed by atoms with Gasteiger partial charge in [-0.1, -0.05) is 72.4 Å². The number of hydrogen-bond acceptors (Lipinski definition) is 8. The van der Waals surface area contributed by atoms with Crippen molar-refractivity contribution in [1.29, 1.82) is 0 Å². The van der Waals surface area contributed by atoms with Crippen LogP contribution >= 0.6 is 0 Å². The summed E-state index contributed by atoms with van der Waals surface area (Å²) in [5.41, 5.74) is 0.764. The fraction of sp³-hybridized carbons (Fsp3) is 0.703. The molecule has 0 aromatic heterocycles. The third-order valence-corrected chi connectivity index (χ3v) is 9.72. The van der Waals surface area contributed by atoms with Gasteiger partial charge in [-0.05, 0) is 50.8 Å². The van der Waals surface area contributed by atoms with E-state index in [1.54, 1.807) is 42.0 Å². The van der Waals surface area contributed by atoms with Crippen molar-refractivity contribution in [1.82, 2.24) is 25.3 Å². The molecule has 1 unspecified atom stereocenters. The lowest BCUT2D eigenvalue weighted by molar-refractivity contribution is -0.146. The van der Waals surface area contributed by atoms with Crippen LogP contribution in [0.1, 0.15) is 66.7 Å². The Kier molecular flexibility index (Phi) is 19.3. The van der Waals surface area contributed by atoms with Gasteiger partial charge in [-0.3, -0.25) is 24.1 Å². The maximum Gasteiger partial charge on any atom is 0.242 e. The van der Waals surface area contributed by atoms with E-state index in [0.29, 0.717) is 19.3 Å². The molecule has 0 bridgehead atoms. The number of ether oxygens (including phenoxy) is 2. The van der Waals surface area contributed by atoms with Crippen LogP contribution in [0.2, 0.25) is 0 Å². The predicted molar refractivity (Wildman–Crippen MR) is 193 cm³/mol. The van der Waals surface area contributed by atoms with Crippen LogP contribution < -0.4 is 10.6 Å².